The van der Waals surface area contributed by atoms with E-state index in [4.69, 9.17) is 4.74 Å². The summed E-state index contributed by atoms with van der Waals surface area (Å²) < 4.78 is 5.12. The van der Waals surface area contributed by atoms with Gasteiger partial charge in [0.15, 0.2) is 0 Å². The Bertz CT molecular complexity index is 230. The highest BCUT2D eigenvalue weighted by Crippen LogP contribution is 2.25. The highest BCUT2D eigenvalue weighted by molar-refractivity contribution is 7.99. The maximum atomic E-state index is 11.6. The van der Waals surface area contributed by atoms with Gasteiger partial charge in [-0.1, -0.05) is 6.92 Å². The van der Waals surface area contributed by atoms with Gasteiger partial charge in [0, 0.05) is 23.6 Å². The first-order chi connectivity index (χ1) is 6.70. The predicted molar refractivity (Wildman–Crippen MR) is 63.4 cm³/mol. The number of ether oxygens (including phenoxy) is 1. The van der Waals surface area contributed by atoms with Crippen molar-refractivity contribution in [3.05, 3.63) is 0 Å². The van der Waals surface area contributed by atoms with E-state index in [0.717, 1.165) is 31.4 Å². The lowest BCUT2D eigenvalue weighted by Gasteiger charge is -2.38. The third kappa shape index (κ3) is 3.24. The average Bonchev–Trinajstić information content (AvgIpc) is 2.63. The van der Waals surface area contributed by atoms with Crippen LogP contribution in [0.15, 0.2) is 0 Å². The van der Waals surface area contributed by atoms with Crippen molar-refractivity contribution < 1.29 is 9.53 Å². The number of rotatable bonds is 3. The van der Waals surface area contributed by atoms with Crippen molar-refractivity contribution in [3.8, 4) is 0 Å². The molecule has 1 atom stereocenters. The van der Waals surface area contributed by atoms with E-state index in [1.807, 2.05) is 0 Å². The summed E-state index contributed by atoms with van der Waals surface area (Å²) in [5, 5.41) is 6.12. The van der Waals surface area contributed by atoms with Crippen molar-refractivity contribution in [1.82, 2.24) is 10.6 Å². The van der Waals surface area contributed by atoms with Crippen LogP contribution in [-0.2, 0) is 9.53 Å². The fourth-order valence-corrected chi connectivity index (χ4v) is 2.48. The molecular formula is C9H17ClN2O2S. The Balaban J connectivity index is 0.00000112. The number of nitrogens with one attached hydrogen (secondary N) is 2. The van der Waals surface area contributed by atoms with Gasteiger partial charge in [0.1, 0.15) is 0 Å². The molecule has 0 spiro atoms. The van der Waals surface area contributed by atoms with Crippen LogP contribution in [0.25, 0.3) is 0 Å². The topological polar surface area (TPSA) is 50.4 Å². The highest BCUT2D eigenvalue weighted by Gasteiger charge is 2.34. The third-order valence-corrected chi connectivity index (χ3v) is 3.56. The van der Waals surface area contributed by atoms with Gasteiger partial charge in [-0.15, -0.1) is 24.2 Å². The molecule has 2 aliphatic heterocycles. The quantitative estimate of drug-likeness (QED) is 0.755. The van der Waals surface area contributed by atoms with Gasteiger partial charge in [0.25, 0.3) is 0 Å². The minimum absolute atomic E-state index is 0. The molecule has 2 rings (SSSR count). The summed E-state index contributed by atoms with van der Waals surface area (Å²) in [4.78, 5) is 11.6. The van der Waals surface area contributed by atoms with Gasteiger partial charge in [0.2, 0.25) is 5.91 Å². The second-order valence-electron chi connectivity index (χ2n) is 4.29. The first kappa shape index (κ1) is 13.1. The van der Waals surface area contributed by atoms with Crippen LogP contribution < -0.4 is 10.6 Å². The number of carbonyl (C=O) groups is 1. The zero-order valence-corrected chi connectivity index (χ0v) is 10.4. The first-order valence-electron chi connectivity index (χ1n) is 4.86. The highest BCUT2D eigenvalue weighted by atomic mass is 35.5. The number of carbonyl (C=O) groups excluding carboxylic acids is 1. The van der Waals surface area contributed by atoms with E-state index >= 15 is 0 Å². The van der Waals surface area contributed by atoms with Crippen molar-refractivity contribution in [2.45, 2.75) is 13.0 Å². The van der Waals surface area contributed by atoms with E-state index < -0.39 is 0 Å². The Morgan fingerprint density at radius 2 is 2.40 bits per heavy atom. The Labute approximate surface area is 100 Å². The molecule has 4 nitrogen and oxygen atoms in total. The van der Waals surface area contributed by atoms with Crippen molar-refractivity contribution in [2.75, 3.05) is 31.4 Å². The molecular weight excluding hydrogens is 236 g/mol. The molecule has 0 unspecified atom stereocenters. The van der Waals surface area contributed by atoms with E-state index in [1.54, 1.807) is 11.8 Å². The first-order valence-corrected chi connectivity index (χ1v) is 6.02. The van der Waals surface area contributed by atoms with Crippen LogP contribution in [0.2, 0.25) is 0 Å². The molecule has 0 aromatic carbocycles. The second kappa shape index (κ2) is 5.39. The van der Waals surface area contributed by atoms with Crippen LogP contribution in [0, 0.1) is 5.41 Å². The van der Waals surface area contributed by atoms with Gasteiger partial charge in [-0.2, -0.15) is 0 Å². The summed E-state index contributed by atoms with van der Waals surface area (Å²) in [5.74, 6) is 1.90. The van der Waals surface area contributed by atoms with E-state index in [1.165, 1.54) is 0 Å². The molecule has 0 bridgehead atoms. The summed E-state index contributed by atoms with van der Waals surface area (Å²) in [5.41, 5.74) is 0.168. The fourth-order valence-electron chi connectivity index (χ4n) is 1.54. The van der Waals surface area contributed by atoms with Gasteiger partial charge < -0.3 is 10.1 Å². The fraction of sp³-hybridized carbons (Fsp3) is 0.889. The summed E-state index contributed by atoms with van der Waals surface area (Å²) in [6.45, 7) is 4.39. The van der Waals surface area contributed by atoms with E-state index in [9.17, 15) is 4.79 Å². The largest absolute Gasteiger partial charge is 0.380 e. The van der Waals surface area contributed by atoms with Crippen LogP contribution in [0.5, 0.6) is 0 Å². The number of thioether (sulfide) groups is 1. The molecule has 2 fully saturated rings. The van der Waals surface area contributed by atoms with Crippen LogP contribution in [0.3, 0.4) is 0 Å². The number of amides is 1. The lowest BCUT2D eigenvalue weighted by molar-refractivity contribution is -0.127. The predicted octanol–water partition coefficient (Wildman–Crippen LogP) is 0.223. The van der Waals surface area contributed by atoms with Crippen molar-refractivity contribution in [2.24, 2.45) is 5.41 Å². The summed E-state index contributed by atoms with van der Waals surface area (Å²) in [7, 11) is 0. The second-order valence-corrected chi connectivity index (χ2v) is 5.32. The molecule has 2 aliphatic rings. The van der Waals surface area contributed by atoms with Crippen molar-refractivity contribution in [3.63, 3.8) is 0 Å². The maximum Gasteiger partial charge on any atom is 0.238 e. The van der Waals surface area contributed by atoms with Gasteiger partial charge in [0.05, 0.1) is 19.3 Å². The molecule has 0 aromatic rings. The number of hydrogen-bond acceptors (Lipinski definition) is 4. The third-order valence-electron chi connectivity index (χ3n) is 2.62. The summed E-state index contributed by atoms with van der Waals surface area (Å²) in [6.07, 6.45) is 0. The summed E-state index contributed by atoms with van der Waals surface area (Å²) in [6, 6.07) is 0.00425. The minimum Gasteiger partial charge on any atom is -0.380 e. The van der Waals surface area contributed by atoms with Crippen LogP contribution in [0.4, 0.5) is 0 Å². The van der Waals surface area contributed by atoms with Gasteiger partial charge in [-0.3, -0.25) is 10.1 Å². The molecule has 1 amide bonds. The summed E-state index contributed by atoms with van der Waals surface area (Å²) >= 11 is 1.77. The molecule has 2 N–H and O–H groups in total. The molecule has 2 saturated heterocycles. The Morgan fingerprint density at radius 1 is 1.67 bits per heavy atom. The molecule has 0 radical (unpaired) electrons. The van der Waals surface area contributed by atoms with Crippen molar-refractivity contribution in [1.29, 1.82) is 0 Å². The zero-order chi connectivity index (χ0) is 10.0. The van der Waals surface area contributed by atoms with E-state index in [-0.39, 0.29) is 29.8 Å². The van der Waals surface area contributed by atoms with Crippen LogP contribution in [0.1, 0.15) is 6.92 Å². The van der Waals surface area contributed by atoms with Gasteiger partial charge >= 0.3 is 0 Å². The van der Waals surface area contributed by atoms with E-state index in [2.05, 4.69) is 17.6 Å². The molecule has 0 saturated carbocycles. The SMILES string of the molecule is CC1(CNC(=O)[C@H]2CSCN2)COC1.Cl. The van der Waals surface area contributed by atoms with E-state index in [0.29, 0.717) is 0 Å². The van der Waals surface area contributed by atoms with Gasteiger partial charge in [-0.05, 0) is 0 Å². The van der Waals surface area contributed by atoms with Gasteiger partial charge in [-0.25, -0.2) is 0 Å². The lowest BCUT2D eigenvalue weighted by Crippen LogP contribution is -2.51. The number of hydrogen-bond donors (Lipinski definition) is 2. The Hall–Kier alpha value is 0.0300. The Morgan fingerprint density at radius 3 is 2.87 bits per heavy atom. The standard InChI is InChI=1S/C9H16N2O2S.ClH/c1-9(4-13-5-9)3-10-8(12)7-2-14-6-11-7;/h7,11H,2-6H2,1H3,(H,10,12);1H/t7-;/m1./s1. The maximum absolute atomic E-state index is 11.6. The normalized spacial score (nSPS) is 27.7. The molecule has 88 valence electrons. The minimum atomic E-state index is 0. The molecule has 15 heavy (non-hydrogen) atoms. The molecule has 6 heteroatoms. The lowest BCUT2D eigenvalue weighted by atomic mass is 9.89. The molecule has 0 aromatic heterocycles. The van der Waals surface area contributed by atoms with Crippen LogP contribution in [-0.4, -0.2) is 43.3 Å². The smallest absolute Gasteiger partial charge is 0.238 e. The molecule has 2 heterocycles. The van der Waals surface area contributed by atoms with Crippen LogP contribution >= 0.6 is 24.2 Å². The monoisotopic (exact) mass is 252 g/mol. The Kier molecular flexibility index (Phi) is 4.70. The number of halogens is 1. The average molecular weight is 253 g/mol. The van der Waals surface area contributed by atoms with Crippen molar-refractivity contribution >= 4 is 30.1 Å². The zero-order valence-electron chi connectivity index (χ0n) is 8.75. The molecule has 0 aliphatic carbocycles.